The minimum Gasteiger partial charge on any atom is -0.481 e. The number of halogens is 1. The fourth-order valence-corrected chi connectivity index (χ4v) is 3.09. The molecule has 1 saturated carbocycles. The first-order chi connectivity index (χ1) is 9.15. The molecule has 1 aliphatic carbocycles. The van der Waals surface area contributed by atoms with E-state index in [4.69, 9.17) is 5.11 Å². The van der Waals surface area contributed by atoms with Crippen molar-refractivity contribution in [3.63, 3.8) is 0 Å². The van der Waals surface area contributed by atoms with Gasteiger partial charge in [0.1, 0.15) is 0 Å². The first-order valence-electron chi connectivity index (χ1n) is 7.39. The molecule has 5 nitrogen and oxygen atoms in total. The van der Waals surface area contributed by atoms with E-state index in [-0.39, 0.29) is 24.2 Å². The quantitative estimate of drug-likeness (QED) is 0.810. The summed E-state index contributed by atoms with van der Waals surface area (Å²) in [5.41, 5.74) is 0. The van der Waals surface area contributed by atoms with Crippen LogP contribution in [-0.4, -0.2) is 47.6 Å². The molecule has 2 fully saturated rings. The first kappa shape index (κ1) is 17.2. The van der Waals surface area contributed by atoms with Crippen LogP contribution < -0.4 is 5.32 Å². The van der Waals surface area contributed by atoms with Crippen molar-refractivity contribution in [3.05, 3.63) is 0 Å². The summed E-state index contributed by atoms with van der Waals surface area (Å²) < 4.78 is 0. The molecule has 2 aliphatic rings. The highest BCUT2D eigenvalue weighted by molar-refractivity contribution is 5.85. The highest BCUT2D eigenvalue weighted by Crippen LogP contribution is 2.18. The van der Waals surface area contributed by atoms with E-state index in [0.29, 0.717) is 25.6 Å². The zero-order valence-corrected chi connectivity index (χ0v) is 12.7. The number of hydrogen-bond acceptors (Lipinski definition) is 3. The van der Waals surface area contributed by atoms with E-state index in [0.717, 1.165) is 32.2 Å². The van der Waals surface area contributed by atoms with Gasteiger partial charge in [-0.1, -0.05) is 12.8 Å². The first-order valence-corrected chi connectivity index (χ1v) is 7.39. The lowest BCUT2D eigenvalue weighted by atomic mass is 9.98. The highest BCUT2D eigenvalue weighted by atomic mass is 35.5. The average molecular weight is 305 g/mol. The second kappa shape index (κ2) is 8.47. The van der Waals surface area contributed by atoms with Gasteiger partial charge in [-0.2, -0.15) is 0 Å². The lowest BCUT2D eigenvalue weighted by Crippen LogP contribution is -2.41. The lowest BCUT2D eigenvalue weighted by Gasteiger charge is -2.30. The molecule has 1 amide bonds. The number of likely N-dealkylation sites (tertiary alicyclic amines) is 1. The van der Waals surface area contributed by atoms with Gasteiger partial charge < -0.3 is 15.3 Å². The standard InChI is InChI=1S/C14H24N2O3.ClH/c17-13(15-12-5-1-2-6-12)7-9-16-8-3-4-11(10-16)14(18)19;/h11-12H,1-10H2,(H,15,17)(H,18,19);1H. The molecule has 0 aromatic carbocycles. The van der Waals surface area contributed by atoms with Crippen LogP contribution in [0.2, 0.25) is 0 Å². The summed E-state index contributed by atoms with van der Waals surface area (Å²) in [6.45, 7) is 2.19. The van der Waals surface area contributed by atoms with Gasteiger partial charge >= 0.3 is 5.97 Å². The van der Waals surface area contributed by atoms with Crippen LogP contribution in [0.3, 0.4) is 0 Å². The number of carbonyl (C=O) groups excluding carboxylic acids is 1. The second-order valence-corrected chi connectivity index (χ2v) is 5.78. The molecular weight excluding hydrogens is 280 g/mol. The number of nitrogens with zero attached hydrogens (tertiary/aromatic N) is 1. The Balaban J connectivity index is 0.00000200. The van der Waals surface area contributed by atoms with Crippen LogP contribution in [0.4, 0.5) is 0 Å². The van der Waals surface area contributed by atoms with Gasteiger partial charge in [-0.25, -0.2) is 0 Å². The van der Waals surface area contributed by atoms with Crippen LogP contribution in [0.1, 0.15) is 44.9 Å². The van der Waals surface area contributed by atoms with Gasteiger partial charge in [0.15, 0.2) is 0 Å². The molecule has 0 spiro atoms. The Bertz CT molecular complexity index is 332. The van der Waals surface area contributed by atoms with E-state index in [1.807, 2.05) is 0 Å². The number of carboxylic acid groups (broad SMARTS) is 1. The van der Waals surface area contributed by atoms with Gasteiger partial charge in [-0.05, 0) is 32.2 Å². The van der Waals surface area contributed by atoms with Crippen molar-refractivity contribution in [1.82, 2.24) is 10.2 Å². The van der Waals surface area contributed by atoms with Crippen molar-refractivity contribution < 1.29 is 14.7 Å². The molecule has 1 unspecified atom stereocenters. The number of carbonyl (C=O) groups is 2. The number of piperidine rings is 1. The fourth-order valence-electron chi connectivity index (χ4n) is 3.09. The van der Waals surface area contributed by atoms with Crippen molar-refractivity contribution in [3.8, 4) is 0 Å². The molecular formula is C14H25ClN2O3. The third-order valence-electron chi connectivity index (χ3n) is 4.23. The molecule has 0 aromatic heterocycles. The summed E-state index contributed by atoms with van der Waals surface area (Å²) in [6, 6.07) is 0.376. The SMILES string of the molecule is Cl.O=C(CCN1CCCC(C(=O)O)C1)NC1CCCC1. The smallest absolute Gasteiger partial charge is 0.307 e. The Kier molecular flexibility index (Phi) is 7.30. The average Bonchev–Trinajstić information content (AvgIpc) is 2.89. The summed E-state index contributed by atoms with van der Waals surface area (Å²) in [4.78, 5) is 24.9. The molecule has 0 aromatic rings. The number of nitrogens with one attached hydrogen (secondary N) is 1. The van der Waals surface area contributed by atoms with Crippen LogP contribution >= 0.6 is 12.4 Å². The normalized spacial score (nSPS) is 24.1. The van der Waals surface area contributed by atoms with Gasteiger partial charge in [0.05, 0.1) is 5.92 Å². The number of amides is 1. The minimum absolute atomic E-state index is 0. The molecule has 116 valence electrons. The van der Waals surface area contributed by atoms with Gasteiger partial charge in [0, 0.05) is 25.6 Å². The molecule has 1 saturated heterocycles. The summed E-state index contributed by atoms with van der Waals surface area (Å²) >= 11 is 0. The highest BCUT2D eigenvalue weighted by Gasteiger charge is 2.25. The van der Waals surface area contributed by atoms with Gasteiger partial charge in [-0.3, -0.25) is 9.59 Å². The summed E-state index contributed by atoms with van der Waals surface area (Å²) in [5, 5.41) is 12.1. The number of hydrogen-bond donors (Lipinski definition) is 2. The molecule has 20 heavy (non-hydrogen) atoms. The van der Waals surface area contributed by atoms with Crippen LogP contribution in [0, 0.1) is 5.92 Å². The molecule has 6 heteroatoms. The molecule has 1 atom stereocenters. The molecule has 2 N–H and O–H groups in total. The predicted molar refractivity (Wildman–Crippen MR) is 79.1 cm³/mol. The van der Waals surface area contributed by atoms with Crippen molar-refractivity contribution in [2.75, 3.05) is 19.6 Å². The Morgan fingerprint density at radius 2 is 1.85 bits per heavy atom. The summed E-state index contributed by atoms with van der Waals surface area (Å²) in [7, 11) is 0. The third kappa shape index (κ3) is 5.29. The summed E-state index contributed by atoms with van der Waals surface area (Å²) in [5.74, 6) is -0.851. The Morgan fingerprint density at radius 1 is 1.15 bits per heavy atom. The number of carboxylic acids is 1. The van der Waals surface area contributed by atoms with E-state index in [1.54, 1.807) is 0 Å². The lowest BCUT2D eigenvalue weighted by molar-refractivity contribution is -0.143. The van der Waals surface area contributed by atoms with Gasteiger partial charge in [-0.15, -0.1) is 12.4 Å². The maximum Gasteiger partial charge on any atom is 0.307 e. The topological polar surface area (TPSA) is 69.6 Å². The van der Waals surface area contributed by atoms with E-state index in [9.17, 15) is 9.59 Å². The van der Waals surface area contributed by atoms with E-state index in [1.165, 1.54) is 12.8 Å². The van der Waals surface area contributed by atoms with E-state index >= 15 is 0 Å². The van der Waals surface area contributed by atoms with E-state index in [2.05, 4.69) is 10.2 Å². The molecule has 1 heterocycles. The molecule has 2 rings (SSSR count). The molecule has 1 aliphatic heterocycles. The summed E-state index contributed by atoms with van der Waals surface area (Å²) in [6.07, 6.45) is 6.83. The fraction of sp³-hybridized carbons (Fsp3) is 0.857. The minimum atomic E-state index is -0.708. The van der Waals surface area contributed by atoms with Crippen LogP contribution in [0.5, 0.6) is 0 Å². The largest absolute Gasteiger partial charge is 0.481 e. The Hall–Kier alpha value is -0.810. The molecule has 0 bridgehead atoms. The van der Waals surface area contributed by atoms with Gasteiger partial charge in [0.25, 0.3) is 0 Å². The van der Waals surface area contributed by atoms with Crippen LogP contribution in [-0.2, 0) is 9.59 Å². The maximum atomic E-state index is 11.8. The van der Waals surface area contributed by atoms with Crippen molar-refractivity contribution >= 4 is 24.3 Å². The monoisotopic (exact) mass is 304 g/mol. The molecule has 0 radical (unpaired) electrons. The van der Waals surface area contributed by atoms with Crippen molar-refractivity contribution in [2.24, 2.45) is 5.92 Å². The number of rotatable bonds is 5. The third-order valence-corrected chi connectivity index (χ3v) is 4.23. The zero-order valence-electron chi connectivity index (χ0n) is 11.8. The van der Waals surface area contributed by atoms with Crippen LogP contribution in [0.25, 0.3) is 0 Å². The predicted octanol–water partition coefficient (Wildman–Crippen LogP) is 1.65. The van der Waals surface area contributed by atoms with Crippen molar-refractivity contribution in [1.29, 1.82) is 0 Å². The van der Waals surface area contributed by atoms with E-state index < -0.39 is 5.97 Å². The number of aliphatic carboxylic acids is 1. The Labute approximate surface area is 126 Å². The maximum absolute atomic E-state index is 11.8. The second-order valence-electron chi connectivity index (χ2n) is 5.78. The van der Waals surface area contributed by atoms with Gasteiger partial charge in [0.2, 0.25) is 5.91 Å². The zero-order chi connectivity index (χ0) is 13.7. The Morgan fingerprint density at radius 3 is 2.50 bits per heavy atom. The van der Waals surface area contributed by atoms with Crippen molar-refractivity contribution in [2.45, 2.75) is 51.0 Å². The van der Waals surface area contributed by atoms with Crippen LogP contribution in [0.15, 0.2) is 0 Å².